The molecule has 1 saturated heterocycles. The average Bonchev–Trinajstić information content (AvgIpc) is 2.45. The number of hydrogen-bond donors (Lipinski definition) is 1. The Morgan fingerprint density at radius 3 is 2.36 bits per heavy atom. The lowest BCUT2D eigenvalue weighted by Crippen LogP contribution is -2.41. The number of nitrogens with zero attached hydrogens (tertiary/aromatic N) is 1. The van der Waals surface area contributed by atoms with Crippen molar-refractivity contribution in [3.63, 3.8) is 0 Å². The van der Waals surface area contributed by atoms with Crippen LogP contribution in [-0.4, -0.2) is 34.8 Å². The molecule has 0 spiro atoms. The fourth-order valence-electron chi connectivity index (χ4n) is 2.76. The minimum atomic E-state index is -0.424. The summed E-state index contributed by atoms with van der Waals surface area (Å²) in [5, 5.41) is 9.29. The van der Waals surface area contributed by atoms with Crippen molar-refractivity contribution in [3.8, 4) is 5.75 Å². The van der Waals surface area contributed by atoms with Crippen LogP contribution in [0.3, 0.4) is 0 Å². The number of rotatable bonds is 3. The molecule has 0 unspecified atom stereocenters. The van der Waals surface area contributed by atoms with Crippen molar-refractivity contribution in [2.24, 2.45) is 5.92 Å². The molecule has 0 saturated carbocycles. The molecule has 1 aliphatic heterocycles. The van der Waals surface area contributed by atoms with Crippen LogP contribution in [0.5, 0.6) is 5.75 Å². The summed E-state index contributed by atoms with van der Waals surface area (Å²) in [6.07, 6.45) is 4.04. The van der Waals surface area contributed by atoms with Crippen LogP contribution in [0, 0.1) is 5.92 Å². The fourth-order valence-corrected chi connectivity index (χ4v) is 2.76. The molecule has 0 aromatic heterocycles. The summed E-state index contributed by atoms with van der Waals surface area (Å²) < 4.78 is 5.42. The van der Waals surface area contributed by atoms with Crippen LogP contribution in [0.2, 0.25) is 0 Å². The summed E-state index contributed by atoms with van der Waals surface area (Å²) >= 11 is 0. The maximum atomic E-state index is 12.0. The summed E-state index contributed by atoms with van der Waals surface area (Å²) in [6.45, 7) is 7.27. The first kappa shape index (κ1) is 16.7. The van der Waals surface area contributed by atoms with Crippen molar-refractivity contribution in [2.45, 2.75) is 52.1 Å². The molecule has 22 heavy (non-hydrogen) atoms. The number of hydrogen-bond acceptors (Lipinski definition) is 3. The van der Waals surface area contributed by atoms with Crippen LogP contribution in [-0.2, 0) is 11.2 Å². The molecule has 122 valence electrons. The van der Waals surface area contributed by atoms with Gasteiger partial charge in [-0.25, -0.2) is 4.79 Å². The van der Waals surface area contributed by atoms with E-state index in [0.717, 1.165) is 38.8 Å². The van der Waals surface area contributed by atoms with Gasteiger partial charge >= 0.3 is 6.09 Å². The Kier molecular flexibility index (Phi) is 5.33. The van der Waals surface area contributed by atoms with E-state index >= 15 is 0 Å². The standard InChI is InChI=1S/C18H27NO3/c1-18(2,3)22-17(21)19-12-10-15(11-13-19)5-4-14-6-8-16(20)9-7-14/h6-9,15,20H,4-5,10-13H2,1-3H3. The lowest BCUT2D eigenvalue weighted by Gasteiger charge is -2.33. The number of piperidine rings is 1. The number of ether oxygens (including phenoxy) is 1. The maximum absolute atomic E-state index is 12.0. The zero-order valence-corrected chi connectivity index (χ0v) is 13.8. The fraction of sp³-hybridized carbons (Fsp3) is 0.611. The number of carbonyl (C=O) groups is 1. The molecular weight excluding hydrogens is 278 g/mol. The Balaban J connectivity index is 1.73. The number of carbonyl (C=O) groups excluding carboxylic acids is 1. The topological polar surface area (TPSA) is 49.8 Å². The number of amides is 1. The van der Waals surface area contributed by atoms with E-state index in [4.69, 9.17) is 4.74 Å². The van der Waals surface area contributed by atoms with Gasteiger partial charge in [-0.15, -0.1) is 0 Å². The lowest BCUT2D eigenvalue weighted by molar-refractivity contribution is 0.0181. The first-order chi connectivity index (χ1) is 10.3. The molecular formula is C18H27NO3. The van der Waals surface area contributed by atoms with Crippen LogP contribution < -0.4 is 0 Å². The largest absolute Gasteiger partial charge is 0.508 e. The van der Waals surface area contributed by atoms with E-state index in [-0.39, 0.29) is 6.09 Å². The van der Waals surface area contributed by atoms with Crippen molar-refractivity contribution in [3.05, 3.63) is 29.8 Å². The SMILES string of the molecule is CC(C)(C)OC(=O)N1CCC(CCc2ccc(O)cc2)CC1. The van der Waals surface area contributed by atoms with Gasteiger partial charge in [-0.2, -0.15) is 0 Å². The molecule has 4 heteroatoms. The van der Waals surface area contributed by atoms with Crippen LogP contribution in [0.4, 0.5) is 4.79 Å². The second-order valence-corrected chi connectivity index (χ2v) is 7.12. The van der Waals surface area contributed by atoms with Gasteiger partial charge in [0, 0.05) is 13.1 Å². The van der Waals surface area contributed by atoms with E-state index in [1.165, 1.54) is 5.56 Å². The summed E-state index contributed by atoms with van der Waals surface area (Å²) in [5.41, 5.74) is 0.833. The zero-order valence-electron chi connectivity index (χ0n) is 13.8. The van der Waals surface area contributed by atoms with Crippen molar-refractivity contribution in [1.29, 1.82) is 0 Å². The molecule has 0 radical (unpaired) electrons. The molecule has 1 amide bonds. The van der Waals surface area contributed by atoms with Crippen molar-refractivity contribution in [2.75, 3.05) is 13.1 Å². The smallest absolute Gasteiger partial charge is 0.410 e. The highest BCUT2D eigenvalue weighted by Crippen LogP contribution is 2.24. The maximum Gasteiger partial charge on any atom is 0.410 e. The monoisotopic (exact) mass is 305 g/mol. The van der Waals surface area contributed by atoms with Crippen LogP contribution in [0.15, 0.2) is 24.3 Å². The van der Waals surface area contributed by atoms with E-state index in [0.29, 0.717) is 11.7 Å². The average molecular weight is 305 g/mol. The molecule has 1 aliphatic rings. The van der Waals surface area contributed by atoms with Crippen LogP contribution in [0.1, 0.15) is 45.6 Å². The number of benzene rings is 1. The second kappa shape index (κ2) is 7.03. The first-order valence-corrected chi connectivity index (χ1v) is 8.09. The molecule has 1 N–H and O–H groups in total. The second-order valence-electron chi connectivity index (χ2n) is 7.12. The molecule has 1 heterocycles. The molecule has 1 aromatic carbocycles. The molecule has 1 aromatic rings. The van der Waals surface area contributed by atoms with Gasteiger partial charge in [0.1, 0.15) is 11.4 Å². The van der Waals surface area contributed by atoms with Gasteiger partial charge in [0.2, 0.25) is 0 Å². The van der Waals surface area contributed by atoms with Gasteiger partial charge < -0.3 is 14.7 Å². The van der Waals surface area contributed by atoms with Gasteiger partial charge in [-0.3, -0.25) is 0 Å². The normalized spacial score (nSPS) is 16.6. The van der Waals surface area contributed by atoms with Crippen LogP contribution in [0.25, 0.3) is 0 Å². The minimum absolute atomic E-state index is 0.190. The van der Waals surface area contributed by atoms with Crippen LogP contribution >= 0.6 is 0 Å². The predicted molar refractivity (Wildman–Crippen MR) is 87.0 cm³/mol. The van der Waals surface area contributed by atoms with E-state index in [1.54, 1.807) is 12.1 Å². The highest BCUT2D eigenvalue weighted by molar-refractivity contribution is 5.68. The number of phenolic OH excluding ortho intramolecular Hbond substituents is 1. The minimum Gasteiger partial charge on any atom is -0.508 e. The molecule has 1 fully saturated rings. The third kappa shape index (κ3) is 5.24. The quantitative estimate of drug-likeness (QED) is 0.919. The number of aryl methyl sites for hydroxylation is 1. The number of likely N-dealkylation sites (tertiary alicyclic amines) is 1. The van der Waals surface area contributed by atoms with Crippen molar-refractivity contribution >= 4 is 6.09 Å². The van der Waals surface area contributed by atoms with Crippen molar-refractivity contribution in [1.82, 2.24) is 4.90 Å². The van der Waals surface area contributed by atoms with Gasteiger partial charge in [0.25, 0.3) is 0 Å². The summed E-state index contributed by atoms with van der Waals surface area (Å²) in [6, 6.07) is 7.43. The number of phenols is 1. The van der Waals surface area contributed by atoms with Gasteiger partial charge in [-0.1, -0.05) is 12.1 Å². The summed E-state index contributed by atoms with van der Waals surface area (Å²) in [5.74, 6) is 0.974. The van der Waals surface area contributed by atoms with E-state index in [9.17, 15) is 9.90 Å². The lowest BCUT2D eigenvalue weighted by atomic mass is 9.91. The third-order valence-electron chi connectivity index (χ3n) is 4.04. The predicted octanol–water partition coefficient (Wildman–Crippen LogP) is 3.97. The van der Waals surface area contributed by atoms with E-state index < -0.39 is 5.60 Å². The number of aromatic hydroxyl groups is 1. The molecule has 2 rings (SSSR count). The summed E-state index contributed by atoms with van der Waals surface area (Å²) in [7, 11) is 0. The molecule has 4 nitrogen and oxygen atoms in total. The van der Waals surface area contributed by atoms with E-state index in [2.05, 4.69) is 0 Å². The first-order valence-electron chi connectivity index (χ1n) is 8.09. The van der Waals surface area contributed by atoms with E-state index in [1.807, 2.05) is 37.8 Å². The molecule has 0 aliphatic carbocycles. The highest BCUT2D eigenvalue weighted by Gasteiger charge is 2.26. The Morgan fingerprint density at radius 2 is 1.82 bits per heavy atom. The third-order valence-corrected chi connectivity index (χ3v) is 4.04. The highest BCUT2D eigenvalue weighted by atomic mass is 16.6. The Morgan fingerprint density at radius 1 is 1.23 bits per heavy atom. The molecule has 0 bridgehead atoms. The Labute approximate surface area is 133 Å². The Hall–Kier alpha value is -1.71. The molecule has 0 atom stereocenters. The van der Waals surface area contributed by atoms with Gasteiger partial charge in [-0.05, 0) is 70.1 Å². The zero-order chi connectivity index (χ0) is 16.2. The van der Waals surface area contributed by atoms with Gasteiger partial charge in [0.15, 0.2) is 0 Å². The van der Waals surface area contributed by atoms with Gasteiger partial charge in [0.05, 0.1) is 0 Å². The summed E-state index contributed by atoms with van der Waals surface area (Å²) in [4.78, 5) is 13.8. The Bertz CT molecular complexity index is 482. The van der Waals surface area contributed by atoms with Crippen molar-refractivity contribution < 1.29 is 14.6 Å².